The SMILES string of the molecule is N#Cc1ccc(N)cc1CCCCOc1ccccc1C(N)CO. The highest BCUT2D eigenvalue weighted by molar-refractivity contribution is 5.49. The molecule has 0 saturated heterocycles. The van der Waals surface area contributed by atoms with Crippen LogP contribution in [-0.2, 0) is 6.42 Å². The highest BCUT2D eigenvalue weighted by Crippen LogP contribution is 2.23. The van der Waals surface area contributed by atoms with E-state index in [4.69, 9.17) is 21.5 Å². The summed E-state index contributed by atoms with van der Waals surface area (Å²) in [5.74, 6) is 0.709. The van der Waals surface area contributed by atoms with Gasteiger partial charge in [-0.2, -0.15) is 5.26 Å². The van der Waals surface area contributed by atoms with Crippen molar-refractivity contribution in [2.24, 2.45) is 5.73 Å². The lowest BCUT2D eigenvalue weighted by Crippen LogP contribution is -2.16. The smallest absolute Gasteiger partial charge is 0.124 e. The number of unbranched alkanes of at least 4 members (excludes halogenated alkanes) is 1. The highest BCUT2D eigenvalue weighted by atomic mass is 16.5. The molecule has 5 heteroatoms. The fraction of sp³-hybridized carbons (Fsp3) is 0.316. The summed E-state index contributed by atoms with van der Waals surface area (Å²) in [5, 5.41) is 18.3. The molecular formula is C19H23N3O2. The lowest BCUT2D eigenvalue weighted by atomic mass is 10.0. The van der Waals surface area contributed by atoms with E-state index >= 15 is 0 Å². The molecule has 0 radical (unpaired) electrons. The van der Waals surface area contributed by atoms with Crippen LogP contribution in [0.2, 0.25) is 0 Å². The minimum atomic E-state index is -0.438. The van der Waals surface area contributed by atoms with Crippen LogP contribution in [0.15, 0.2) is 42.5 Å². The summed E-state index contributed by atoms with van der Waals surface area (Å²) in [5.41, 5.74) is 14.8. The molecule has 24 heavy (non-hydrogen) atoms. The van der Waals surface area contributed by atoms with Gasteiger partial charge in [-0.1, -0.05) is 18.2 Å². The van der Waals surface area contributed by atoms with Gasteiger partial charge < -0.3 is 21.3 Å². The van der Waals surface area contributed by atoms with Crippen molar-refractivity contribution in [3.8, 4) is 11.8 Å². The second-order valence-corrected chi connectivity index (χ2v) is 5.66. The van der Waals surface area contributed by atoms with Gasteiger partial charge in [-0.15, -0.1) is 0 Å². The van der Waals surface area contributed by atoms with E-state index in [2.05, 4.69) is 6.07 Å². The van der Waals surface area contributed by atoms with Crippen LogP contribution in [-0.4, -0.2) is 18.3 Å². The van der Waals surface area contributed by atoms with Gasteiger partial charge in [-0.25, -0.2) is 0 Å². The van der Waals surface area contributed by atoms with Crippen molar-refractivity contribution in [2.75, 3.05) is 18.9 Å². The van der Waals surface area contributed by atoms with Crippen LogP contribution in [0.25, 0.3) is 0 Å². The Hall–Kier alpha value is -2.55. The molecule has 1 atom stereocenters. The number of aliphatic hydroxyl groups excluding tert-OH is 1. The van der Waals surface area contributed by atoms with Gasteiger partial charge in [0.1, 0.15) is 5.75 Å². The molecule has 0 saturated carbocycles. The van der Waals surface area contributed by atoms with Crippen molar-refractivity contribution in [1.29, 1.82) is 5.26 Å². The van der Waals surface area contributed by atoms with Crippen LogP contribution in [0, 0.1) is 11.3 Å². The number of rotatable bonds is 8. The Balaban J connectivity index is 1.84. The number of nitriles is 1. The van der Waals surface area contributed by atoms with Crippen LogP contribution in [0.5, 0.6) is 5.75 Å². The molecule has 2 aromatic carbocycles. The molecule has 2 rings (SSSR count). The van der Waals surface area contributed by atoms with E-state index in [0.717, 1.165) is 30.4 Å². The Kier molecular flexibility index (Phi) is 6.62. The number of hydrogen-bond acceptors (Lipinski definition) is 5. The van der Waals surface area contributed by atoms with Crippen LogP contribution in [0.1, 0.15) is 35.6 Å². The van der Waals surface area contributed by atoms with Crippen LogP contribution in [0.3, 0.4) is 0 Å². The van der Waals surface area contributed by atoms with Gasteiger partial charge in [0.2, 0.25) is 0 Å². The molecule has 126 valence electrons. The van der Waals surface area contributed by atoms with Crippen molar-refractivity contribution in [3.05, 3.63) is 59.2 Å². The van der Waals surface area contributed by atoms with Crippen LogP contribution < -0.4 is 16.2 Å². The van der Waals surface area contributed by atoms with E-state index < -0.39 is 6.04 Å². The lowest BCUT2D eigenvalue weighted by Gasteiger charge is -2.15. The number of nitrogens with two attached hydrogens (primary N) is 2. The van der Waals surface area contributed by atoms with E-state index in [9.17, 15) is 5.11 Å². The Morgan fingerprint density at radius 2 is 1.96 bits per heavy atom. The van der Waals surface area contributed by atoms with Crippen LogP contribution in [0.4, 0.5) is 5.69 Å². The van der Waals surface area contributed by atoms with E-state index in [0.29, 0.717) is 23.6 Å². The fourth-order valence-corrected chi connectivity index (χ4v) is 2.55. The molecule has 1 unspecified atom stereocenters. The summed E-state index contributed by atoms with van der Waals surface area (Å²) in [4.78, 5) is 0. The first-order valence-corrected chi connectivity index (χ1v) is 8.02. The Morgan fingerprint density at radius 3 is 2.71 bits per heavy atom. The van der Waals surface area contributed by atoms with E-state index in [1.54, 1.807) is 12.1 Å². The van der Waals surface area contributed by atoms with E-state index in [1.165, 1.54) is 0 Å². The van der Waals surface area contributed by atoms with Crippen molar-refractivity contribution in [3.63, 3.8) is 0 Å². The lowest BCUT2D eigenvalue weighted by molar-refractivity contribution is 0.258. The fourth-order valence-electron chi connectivity index (χ4n) is 2.55. The van der Waals surface area contributed by atoms with Crippen molar-refractivity contribution >= 4 is 5.69 Å². The number of ether oxygens (including phenoxy) is 1. The summed E-state index contributed by atoms with van der Waals surface area (Å²) < 4.78 is 5.80. The van der Waals surface area contributed by atoms with Gasteiger partial charge >= 0.3 is 0 Å². The molecule has 2 aromatic rings. The molecule has 5 nitrogen and oxygen atoms in total. The van der Waals surface area contributed by atoms with Gasteiger partial charge in [0, 0.05) is 11.3 Å². The molecule has 0 aliphatic heterocycles. The average Bonchev–Trinajstić information content (AvgIpc) is 2.61. The molecule has 0 amide bonds. The number of nitrogen functional groups attached to an aromatic ring is 1. The minimum Gasteiger partial charge on any atom is -0.493 e. The first-order chi connectivity index (χ1) is 11.7. The molecular weight excluding hydrogens is 302 g/mol. The summed E-state index contributed by atoms with van der Waals surface area (Å²) in [6.45, 7) is 0.437. The third-order valence-electron chi connectivity index (χ3n) is 3.86. The van der Waals surface area contributed by atoms with Gasteiger partial charge in [-0.3, -0.25) is 0 Å². The predicted molar refractivity (Wildman–Crippen MR) is 94.5 cm³/mol. The minimum absolute atomic E-state index is 0.118. The Morgan fingerprint density at radius 1 is 1.17 bits per heavy atom. The highest BCUT2D eigenvalue weighted by Gasteiger charge is 2.10. The molecule has 0 fully saturated rings. The Bertz CT molecular complexity index is 710. The third-order valence-corrected chi connectivity index (χ3v) is 3.86. The molecule has 0 bridgehead atoms. The molecule has 0 aliphatic rings. The number of anilines is 1. The van der Waals surface area contributed by atoms with Gasteiger partial charge in [0.05, 0.1) is 30.9 Å². The van der Waals surface area contributed by atoms with Gasteiger partial charge in [0.25, 0.3) is 0 Å². The Labute approximate surface area is 142 Å². The topological polar surface area (TPSA) is 105 Å². The monoisotopic (exact) mass is 325 g/mol. The van der Waals surface area contributed by atoms with Crippen molar-refractivity contribution < 1.29 is 9.84 Å². The number of aryl methyl sites for hydroxylation is 1. The van der Waals surface area contributed by atoms with E-state index in [-0.39, 0.29) is 6.61 Å². The zero-order valence-corrected chi connectivity index (χ0v) is 13.6. The van der Waals surface area contributed by atoms with Gasteiger partial charge in [0.15, 0.2) is 0 Å². The molecule has 5 N–H and O–H groups in total. The maximum absolute atomic E-state index is 9.20. The van der Waals surface area contributed by atoms with E-state index in [1.807, 2.05) is 30.3 Å². The molecule has 0 aliphatic carbocycles. The summed E-state index contributed by atoms with van der Waals surface area (Å²) in [6.07, 6.45) is 2.53. The summed E-state index contributed by atoms with van der Waals surface area (Å²) >= 11 is 0. The zero-order chi connectivity index (χ0) is 17.4. The second-order valence-electron chi connectivity index (χ2n) is 5.66. The third kappa shape index (κ3) is 4.72. The van der Waals surface area contributed by atoms with Crippen molar-refractivity contribution in [2.45, 2.75) is 25.3 Å². The first kappa shape index (κ1) is 17.8. The number of aliphatic hydroxyl groups is 1. The molecule has 0 aromatic heterocycles. The van der Waals surface area contributed by atoms with Crippen LogP contribution >= 0.6 is 0 Å². The molecule has 0 heterocycles. The number of nitrogens with zero attached hydrogens (tertiary/aromatic N) is 1. The van der Waals surface area contributed by atoms with Crippen molar-refractivity contribution in [1.82, 2.24) is 0 Å². The quantitative estimate of drug-likeness (QED) is 0.511. The number of para-hydroxylation sites is 1. The zero-order valence-electron chi connectivity index (χ0n) is 13.6. The maximum atomic E-state index is 9.20. The maximum Gasteiger partial charge on any atom is 0.124 e. The standard InChI is InChI=1S/C19H23N3O2/c20-12-15-8-9-16(21)11-14(15)5-3-4-10-24-19-7-2-1-6-17(19)18(22)13-23/h1-2,6-9,11,18,23H,3-5,10,13,21-22H2. The predicted octanol–water partition coefficient (Wildman–Crippen LogP) is 2.53. The first-order valence-electron chi connectivity index (χ1n) is 8.02. The molecule has 0 spiro atoms. The second kappa shape index (κ2) is 8.92. The number of hydrogen-bond donors (Lipinski definition) is 3. The number of benzene rings is 2. The summed E-state index contributed by atoms with van der Waals surface area (Å²) in [7, 11) is 0. The largest absolute Gasteiger partial charge is 0.493 e. The summed E-state index contributed by atoms with van der Waals surface area (Å²) in [6, 6.07) is 14.6. The average molecular weight is 325 g/mol. The normalized spacial score (nSPS) is 11.7. The van der Waals surface area contributed by atoms with Gasteiger partial charge in [-0.05, 0) is 49.1 Å².